The molecule has 0 atom stereocenters. The van der Waals surface area contributed by atoms with Crippen LogP contribution in [0.25, 0.3) is 0 Å². The molecule has 0 saturated carbocycles. The van der Waals surface area contributed by atoms with Crippen molar-refractivity contribution in [3.05, 3.63) is 64.1 Å². The molecule has 8 heteroatoms. The van der Waals surface area contributed by atoms with Gasteiger partial charge in [0.15, 0.2) is 0 Å². The molecular formula is C19H17Cl2N3O3. The van der Waals surface area contributed by atoms with Gasteiger partial charge in [-0.05, 0) is 48.5 Å². The zero-order valence-electron chi connectivity index (χ0n) is 14.6. The van der Waals surface area contributed by atoms with Crippen LogP contribution in [0.1, 0.15) is 10.4 Å². The molecule has 0 radical (unpaired) electrons. The van der Waals surface area contributed by atoms with Crippen LogP contribution in [0.4, 0.5) is 5.69 Å². The molecule has 0 aliphatic carbocycles. The molecule has 1 heterocycles. The molecule has 1 aliphatic heterocycles. The predicted octanol–water partition coefficient (Wildman–Crippen LogP) is 2.90. The summed E-state index contributed by atoms with van der Waals surface area (Å²) in [5.74, 6) is -0.776. The number of amides is 3. The Morgan fingerprint density at radius 2 is 1.56 bits per heavy atom. The lowest BCUT2D eigenvalue weighted by Crippen LogP contribution is -2.40. The predicted molar refractivity (Wildman–Crippen MR) is 104 cm³/mol. The highest BCUT2D eigenvalue weighted by Gasteiger charge is 2.32. The zero-order valence-corrected chi connectivity index (χ0v) is 16.1. The van der Waals surface area contributed by atoms with E-state index in [1.54, 1.807) is 55.6 Å². The normalized spacial score (nSPS) is 13.8. The third-order valence-corrected chi connectivity index (χ3v) is 4.74. The van der Waals surface area contributed by atoms with Gasteiger partial charge in [-0.25, -0.2) is 0 Å². The summed E-state index contributed by atoms with van der Waals surface area (Å²) in [4.78, 5) is 41.4. The van der Waals surface area contributed by atoms with Gasteiger partial charge < -0.3 is 9.80 Å². The van der Waals surface area contributed by atoms with E-state index in [1.165, 1.54) is 14.7 Å². The van der Waals surface area contributed by atoms with E-state index < -0.39 is 0 Å². The summed E-state index contributed by atoms with van der Waals surface area (Å²) in [6, 6.07) is 13.3. The van der Waals surface area contributed by atoms with E-state index in [4.69, 9.17) is 23.2 Å². The average Bonchev–Trinajstić information content (AvgIpc) is 3.04. The highest BCUT2D eigenvalue weighted by Crippen LogP contribution is 2.22. The van der Waals surface area contributed by atoms with E-state index >= 15 is 0 Å². The van der Waals surface area contributed by atoms with E-state index in [2.05, 4.69) is 0 Å². The van der Waals surface area contributed by atoms with E-state index in [9.17, 15) is 14.4 Å². The van der Waals surface area contributed by atoms with Crippen molar-refractivity contribution in [2.45, 2.75) is 0 Å². The number of likely N-dealkylation sites (N-methyl/N-ethyl adjacent to an activating group) is 1. The number of carbonyl (C=O) groups excluding carboxylic acids is 3. The molecule has 3 rings (SSSR count). The minimum atomic E-state index is -0.301. The quantitative estimate of drug-likeness (QED) is 0.785. The summed E-state index contributed by atoms with van der Waals surface area (Å²) >= 11 is 11.7. The zero-order chi connectivity index (χ0) is 19.6. The molecule has 1 saturated heterocycles. The third-order valence-electron chi connectivity index (χ3n) is 4.24. The maximum atomic E-state index is 12.5. The summed E-state index contributed by atoms with van der Waals surface area (Å²) in [5, 5.41) is 1.10. The van der Waals surface area contributed by atoms with Crippen molar-refractivity contribution in [3.8, 4) is 0 Å². The smallest absolute Gasteiger partial charge is 0.254 e. The molecular weight excluding hydrogens is 389 g/mol. The molecule has 2 aromatic carbocycles. The lowest BCUT2D eigenvalue weighted by atomic mass is 10.2. The summed E-state index contributed by atoms with van der Waals surface area (Å²) in [6.45, 7) is -0.00406. The van der Waals surface area contributed by atoms with Gasteiger partial charge in [0.05, 0.1) is 6.54 Å². The lowest BCUT2D eigenvalue weighted by Gasteiger charge is -2.22. The number of rotatable bonds is 4. The molecule has 0 N–H and O–H groups in total. The highest BCUT2D eigenvalue weighted by molar-refractivity contribution is 6.31. The lowest BCUT2D eigenvalue weighted by molar-refractivity contribution is -0.132. The number of carbonyl (C=O) groups is 3. The van der Waals surface area contributed by atoms with Crippen molar-refractivity contribution in [1.82, 2.24) is 9.80 Å². The number of nitrogens with zero attached hydrogens (tertiary/aromatic N) is 3. The highest BCUT2D eigenvalue weighted by atomic mass is 35.5. The number of halogens is 2. The van der Waals surface area contributed by atoms with Crippen LogP contribution in [0.15, 0.2) is 48.5 Å². The standard InChI is InChI=1S/C19H17Cl2N3O3/c1-22(19(27)13-2-4-14(20)5-3-13)10-17(25)23-11-18(26)24(12-23)16-8-6-15(21)7-9-16/h2-9H,10-12H2,1H3. The molecule has 140 valence electrons. The molecule has 0 unspecified atom stereocenters. The second kappa shape index (κ2) is 7.98. The molecule has 27 heavy (non-hydrogen) atoms. The van der Waals surface area contributed by atoms with Gasteiger partial charge in [-0.3, -0.25) is 19.3 Å². The van der Waals surface area contributed by atoms with Crippen LogP contribution < -0.4 is 4.90 Å². The van der Waals surface area contributed by atoms with Crippen LogP contribution in [-0.4, -0.2) is 54.3 Å². The number of anilines is 1. The van der Waals surface area contributed by atoms with Crippen LogP contribution in [0.3, 0.4) is 0 Å². The molecule has 2 aromatic rings. The SMILES string of the molecule is CN(CC(=O)N1CC(=O)N(c2ccc(Cl)cc2)C1)C(=O)c1ccc(Cl)cc1. The Kier molecular flexibility index (Phi) is 5.68. The Morgan fingerprint density at radius 3 is 2.15 bits per heavy atom. The third kappa shape index (κ3) is 4.40. The molecule has 0 spiro atoms. The fraction of sp³-hybridized carbons (Fsp3) is 0.211. The first kappa shape index (κ1) is 19.2. The molecule has 0 aromatic heterocycles. The topological polar surface area (TPSA) is 60.9 Å². The minimum Gasteiger partial charge on any atom is -0.332 e. The van der Waals surface area contributed by atoms with Crippen molar-refractivity contribution in [1.29, 1.82) is 0 Å². The molecule has 3 amide bonds. The second-order valence-electron chi connectivity index (χ2n) is 6.20. The van der Waals surface area contributed by atoms with Gasteiger partial charge in [-0.1, -0.05) is 23.2 Å². The van der Waals surface area contributed by atoms with Crippen LogP contribution in [0.2, 0.25) is 10.0 Å². The van der Waals surface area contributed by atoms with Crippen LogP contribution in [0.5, 0.6) is 0 Å². The first-order chi connectivity index (χ1) is 12.8. The summed E-state index contributed by atoms with van der Waals surface area (Å²) in [5.41, 5.74) is 1.11. The van der Waals surface area contributed by atoms with Crippen LogP contribution in [-0.2, 0) is 9.59 Å². The maximum absolute atomic E-state index is 12.5. The first-order valence-electron chi connectivity index (χ1n) is 8.20. The van der Waals surface area contributed by atoms with Gasteiger partial charge in [-0.15, -0.1) is 0 Å². The summed E-state index contributed by atoms with van der Waals surface area (Å²) < 4.78 is 0. The van der Waals surface area contributed by atoms with Gasteiger partial charge in [0.25, 0.3) is 5.91 Å². The van der Waals surface area contributed by atoms with E-state index in [-0.39, 0.29) is 37.5 Å². The van der Waals surface area contributed by atoms with Crippen molar-refractivity contribution >= 4 is 46.6 Å². The van der Waals surface area contributed by atoms with Crippen LogP contribution in [0, 0.1) is 0 Å². The van der Waals surface area contributed by atoms with Crippen LogP contribution >= 0.6 is 23.2 Å². The van der Waals surface area contributed by atoms with Crippen molar-refractivity contribution in [2.75, 3.05) is 31.7 Å². The number of hydrogen-bond acceptors (Lipinski definition) is 3. The Hall–Kier alpha value is -2.57. The Morgan fingerprint density at radius 1 is 1.00 bits per heavy atom. The van der Waals surface area contributed by atoms with Crippen molar-refractivity contribution < 1.29 is 14.4 Å². The molecule has 0 bridgehead atoms. The van der Waals surface area contributed by atoms with Gasteiger partial charge in [-0.2, -0.15) is 0 Å². The van der Waals surface area contributed by atoms with Crippen molar-refractivity contribution in [3.63, 3.8) is 0 Å². The maximum Gasteiger partial charge on any atom is 0.254 e. The second-order valence-corrected chi connectivity index (χ2v) is 7.07. The Labute approximate surface area is 166 Å². The first-order valence-corrected chi connectivity index (χ1v) is 8.95. The monoisotopic (exact) mass is 405 g/mol. The van der Waals surface area contributed by atoms with Gasteiger partial charge >= 0.3 is 0 Å². The Bertz CT molecular complexity index is 869. The summed E-state index contributed by atoms with van der Waals surface area (Å²) in [6.07, 6.45) is 0. The largest absolute Gasteiger partial charge is 0.332 e. The number of hydrogen-bond donors (Lipinski definition) is 0. The van der Waals surface area contributed by atoms with Gasteiger partial charge in [0, 0.05) is 28.3 Å². The molecule has 1 fully saturated rings. The fourth-order valence-corrected chi connectivity index (χ4v) is 3.00. The van der Waals surface area contributed by atoms with E-state index in [0.29, 0.717) is 21.3 Å². The Balaban J connectivity index is 1.62. The summed E-state index contributed by atoms with van der Waals surface area (Å²) in [7, 11) is 1.55. The van der Waals surface area contributed by atoms with E-state index in [0.717, 1.165) is 0 Å². The van der Waals surface area contributed by atoms with Gasteiger partial charge in [0.2, 0.25) is 11.8 Å². The van der Waals surface area contributed by atoms with Crippen molar-refractivity contribution in [2.24, 2.45) is 0 Å². The molecule has 6 nitrogen and oxygen atoms in total. The fourth-order valence-electron chi connectivity index (χ4n) is 2.75. The average molecular weight is 406 g/mol. The van der Waals surface area contributed by atoms with Gasteiger partial charge in [0.1, 0.15) is 13.2 Å². The minimum absolute atomic E-state index is 0.0234. The molecule has 1 aliphatic rings. The number of benzene rings is 2. The van der Waals surface area contributed by atoms with E-state index in [1.807, 2.05) is 0 Å².